The van der Waals surface area contributed by atoms with Crippen LogP contribution in [0.5, 0.6) is 0 Å². The number of nitrogens with zero attached hydrogens (tertiary/aromatic N) is 2. The van der Waals surface area contributed by atoms with E-state index in [1.54, 1.807) is 17.1 Å². The zero-order valence-electron chi connectivity index (χ0n) is 16.7. The Labute approximate surface area is 167 Å². The molecule has 2 heterocycles. The molecule has 156 valence electrons. The highest BCUT2D eigenvalue weighted by Gasteiger charge is 2.32. The molecule has 7 nitrogen and oxygen atoms in total. The second-order valence-corrected chi connectivity index (χ2v) is 7.84. The van der Waals surface area contributed by atoms with E-state index in [1.807, 2.05) is 4.90 Å². The monoisotopic (exact) mass is 391 g/mol. The molecule has 2 fully saturated rings. The highest BCUT2D eigenvalue weighted by Crippen LogP contribution is 2.20. The molecule has 0 bridgehead atoms. The fourth-order valence-electron chi connectivity index (χ4n) is 3.90. The number of carbonyl (C=O) groups is 3. The molecule has 0 aromatic heterocycles. The van der Waals surface area contributed by atoms with E-state index in [2.05, 4.69) is 18.5 Å². The van der Waals surface area contributed by atoms with Crippen LogP contribution < -0.4 is 5.32 Å². The summed E-state index contributed by atoms with van der Waals surface area (Å²) in [6, 6.07) is 0. The molecule has 0 spiro atoms. The zero-order chi connectivity index (χ0) is 20.6. The van der Waals surface area contributed by atoms with Crippen molar-refractivity contribution in [1.29, 1.82) is 0 Å². The smallest absolute Gasteiger partial charge is 0.225 e. The fourth-order valence-corrected chi connectivity index (χ4v) is 3.90. The van der Waals surface area contributed by atoms with Crippen LogP contribution in [0.25, 0.3) is 0 Å². The van der Waals surface area contributed by atoms with Crippen molar-refractivity contribution in [2.24, 2.45) is 5.92 Å². The molecule has 3 amide bonds. The SMILES string of the molecule is C=CCC(O)(CC=C)CNC(=O)C1CCC(=O)N(CCCN2CCCC2=O)C1. The lowest BCUT2D eigenvalue weighted by Crippen LogP contribution is -2.49. The normalized spacial score (nSPS) is 20.4. The summed E-state index contributed by atoms with van der Waals surface area (Å²) in [5.74, 6) is -0.165. The van der Waals surface area contributed by atoms with Gasteiger partial charge in [-0.1, -0.05) is 12.2 Å². The lowest BCUT2D eigenvalue weighted by Gasteiger charge is -2.33. The molecule has 2 rings (SSSR count). The van der Waals surface area contributed by atoms with Crippen LogP contribution in [0.3, 0.4) is 0 Å². The van der Waals surface area contributed by atoms with Gasteiger partial charge in [0.05, 0.1) is 11.5 Å². The van der Waals surface area contributed by atoms with Gasteiger partial charge in [0, 0.05) is 45.6 Å². The van der Waals surface area contributed by atoms with Crippen molar-refractivity contribution < 1.29 is 19.5 Å². The molecule has 0 aliphatic carbocycles. The molecule has 2 aliphatic rings. The number of likely N-dealkylation sites (tertiary alicyclic amines) is 2. The molecular formula is C21H33N3O4. The van der Waals surface area contributed by atoms with E-state index in [1.165, 1.54) is 0 Å². The molecular weight excluding hydrogens is 358 g/mol. The van der Waals surface area contributed by atoms with Gasteiger partial charge >= 0.3 is 0 Å². The van der Waals surface area contributed by atoms with Crippen molar-refractivity contribution in [1.82, 2.24) is 15.1 Å². The van der Waals surface area contributed by atoms with Crippen molar-refractivity contribution in [3.8, 4) is 0 Å². The zero-order valence-corrected chi connectivity index (χ0v) is 16.7. The predicted molar refractivity (Wildman–Crippen MR) is 107 cm³/mol. The third-order valence-corrected chi connectivity index (χ3v) is 5.54. The molecule has 0 saturated carbocycles. The van der Waals surface area contributed by atoms with Gasteiger partial charge in [0.25, 0.3) is 0 Å². The Bertz CT molecular complexity index is 594. The van der Waals surface area contributed by atoms with Crippen molar-refractivity contribution in [2.75, 3.05) is 32.7 Å². The van der Waals surface area contributed by atoms with Crippen LogP contribution in [0, 0.1) is 5.92 Å². The van der Waals surface area contributed by atoms with Gasteiger partial charge in [0.2, 0.25) is 17.7 Å². The van der Waals surface area contributed by atoms with Gasteiger partial charge in [0.15, 0.2) is 0 Å². The van der Waals surface area contributed by atoms with E-state index >= 15 is 0 Å². The topological polar surface area (TPSA) is 89.9 Å². The van der Waals surface area contributed by atoms with Crippen molar-refractivity contribution in [3.63, 3.8) is 0 Å². The Morgan fingerprint density at radius 2 is 1.79 bits per heavy atom. The minimum absolute atomic E-state index is 0.0617. The van der Waals surface area contributed by atoms with E-state index in [9.17, 15) is 19.5 Å². The maximum absolute atomic E-state index is 12.6. The number of piperidine rings is 1. The molecule has 2 aliphatic heterocycles. The molecule has 0 aromatic carbocycles. The van der Waals surface area contributed by atoms with E-state index in [0.717, 1.165) is 19.4 Å². The summed E-state index contributed by atoms with van der Waals surface area (Å²) in [5, 5.41) is 13.4. The predicted octanol–water partition coefficient (Wildman–Crippen LogP) is 1.24. The highest BCUT2D eigenvalue weighted by molar-refractivity contribution is 5.83. The average Bonchev–Trinajstić information content (AvgIpc) is 3.07. The molecule has 7 heteroatoms. The standard InChI is InChI=1S/C21H33N3O4/c1-3-10-21(28,11-4-2)16-22-20(27)17-8-9-19(26)24(15-17)14-6-13-23-12-5-7-18(23)25/h3-4,17,28H,1-2,5-16H2,(H,22,27). The maximum atomic E-state index is 12.6. The first kappa shape index (κ1) is 22.1. The number of hydrogen-bond donors (Lipinski definition) is 2. The lowest BCUT2D eigenvalue weighted by atomic mass is 9.93. The number of amides is 3. The maximum Gasteiger partial charge on any atom is 0.225 e. The Morgan fingerprint density at radius 3 is 2.39 bits per heavy atom. The molecule has 0 aromatic rings. The summed E-state index contributed by atoms with van der Waals surface area (Å²) in [5.41, 5.74) is -1.08. The minimum Gasteiger partial charge on any atom is -0.387 e. The lowest BCUT2D eigenvalue weighted by molar-refractivity contribution is -0.138. The first-order valence-corrected chi connectivity index (χ1v) is 10.2. The summed E-state index contributed by atoms with van der Waals surface area (Å²) < 4.78 is 0. The minimum atomic E-state index is -1.08. The Morgan fingerprint density at radius 1 is 1.14 bits per heavy atom. The van der Waals surface area contributed by atoms with Crippen LogP contribution in [0.4, 0.5) is 0 Å². The number of hydrogen-bond acceptors (Lipinski definition) is 4. The van der Waals surface area contributed by atoms with Crippen molar-refractivity contribution in [3.05, 3.63) is 25.3 Å². The molecule has 1 atom stereocenters. The van der Waals surface area contributed by atoms with Crippen molar-refractivity contribution in [2.45, 2.75) is 50.5 Å². The average molecular weight is 392 g/mol. The van der Waals surface area contributed by atoms with Crippen LogP contribution in [-0.4, -0.2) is 71.0 Å². The van der Waals surface area contributed by atoms with Crippen LogP contribution in [-0.2, 0) is 14.4 Å². The van der Waals surface area contributed by atoms with Gasteiger partial charge < -0.3 is 20.2 Å². The van der Waals surface area contributed by atoms with Gasteiger partial charge in [-0.2, -0.15) is 0 Å². The number of aliphatic hydroxyl groups is 1. The first-order chi connectivity index (χ1) is 13.4. The molecule has 28 heavy (non-hydrogen) atoms. The quantitative estimate of drug-likeness (QED) is 0.519. The highest BCUT2D eigenvalue weighted by atomic mass is 16.3. The molecule has 2 N–H and O–H groups in total. The summed E-state index contributed by atoms with van der Waals surface area (Å²) in [7, 11) is 0. The third-order valence-electron chi connectivity index (χ3n) is 5.54. The molecule has 1 unspecified atom stereocenters. The summed E-state index contributed by atoms with van der Waals surface area (Å²) >= 11 is 0. The first-order valence-electron chi connectivity index (χ1n) is 10.2. The van der Waals surface area contributed by atoms with Crippen LogP contribution in [0.15, 0.2) is 25.3 Å². The van der Waals surface area contributed by atoms with Gasteiger partial charge in [-0.25, -0.2) is 0 Å². The van der Waals surface area contributed by atoms with Crippen molar-refractivity contribution >= 4 is 17.7 Å². The fraction of sp³-hybridized carbons (Fsp3) is 0.667. The van der Waals surface area contributed by atoms with E-state index in [4.69, 9.17) is 0 Å². The summed E-state index contributed by atoms with van der Waals surface area (Å²) in [4.78, 5) is 40.0. The Balaban J connectivity index is 1.80. The second kappa shape index (κ2) is 10.4. The third kappa shape index (κ3) is 6.19. The van der Waals surface area contributed by atoms with Crippen LogP contribution in [0.1, 0.15) is 44.9 Å². The van der Waals surface area contributed by atoms with Gasteiger partial charge in [0.1, 0.15) is 0 Å². The largest absolute Gasteiger partial charge is 0.387 e. The van der Waals surface area contributed by atoms with Gasteiger partial charge in [-0.05, 0) is 32.1 Å². The molecule has 2 saturated heterocycles. The summed E-state index contributed by atoms with van der Waals surface area (Å²) in [6.45, 7) is 9.84. The van der Waals surface area contributed by atoms with Gasteiger partial charge in [-0.15, -0.1) is 13.2 Å². The molecule has 0 radical (unpaired) electrons. The Kier molecular flexibility index (Phi) is 8.23. The van der Waals surface area contributed by atoms with Crippen LogP contribution in [0.2, 0.25) is 0 Å². The van der Waals surface area contributed by atoms with Crippen LogP contribution >= 0.6 is 0 Å². The van der Waals surface area contributed by atoms with E-state index < -0.39 is 5.60 Å². The van der Waals surface area contributed by atoms with E-state index in [-0.39, 0.29) is 30.2 Å². The number of carbonyl (C=O) groups excluding carboxylic acids is 3. The van der Waals surface area contributed by atoms with Gasteiger partial charge in [-0.3, -0.25) is 14.4 Å². The Hall–Kier alpha value is -2.15. The number of rotatable bonds is 11. The summed E-state index contributed by atoms with van der Waals surface area (Å²) in [6.07, 6.45) is 7.11. The number of nitrogens with one attached hydrogen (secondary N) is 1. The second-order valence-electron chi connectivity index (χ2n) is 7.84. The van der Waals surface area contributed by atoms with E-state index in [0.29, 0.717) is 51.7 Å².